The highest BCUT2D eigenvalue weighted by Crippen LogP contribution is 2.29. The lowest BCUT2D eigenvalue weighted by atomic mass is 9.96. The number of halogens is 3. The Balaban J connectivity index is 0.000000321. The number of methoxy groups -OCH3 is 1. The summed E-state index contributed by atoms with van der Waals surface area (Å²) >= 11 is 1.88. The molecule has 1 atom stereocenters. The second-order valence-corrected chi connectivity index (χ2v) is 7.71. The number of ether oxygens (including phenoxy) is 1. The van der Waals surface area contributed by atoms with Gasteiger partial charge in [0, 0.05) is 61.2 Å². The average molecular weight is 405 g/mol. The number of aromatic nitrogens is 2. The van der Waals surface area contributed by atoms with Crippen LogP contribution in [-0.4, -0.2) is 52.2 Å². The Hall–Kier alpha value is -1.91. The van der Waals surface area contributed by atoms with Crippen molar-refractivity contribution >= 4 is 17.3 Å². The van der Waals surface area contributed by atoms with Crippen molar-refractivity contribution in [1.29, 1.82) is 0 Å². The van der Waals surface area contributed by atoms with Crippen molar-refractivity contribution in [3.63, 3.8) is 0 Å². The Kier molecular flexibility index (Phi) is 7.01. The molecule has 1 N–H and O–H groups in total. The second kappa shape index (κ2) is 8.85. The summed E-state index contributed by atoms with van der Waals surface area (Å²) in [7, 11) is 3.77. The number of carboxylic acids is 1. The van der Waals surface area contributed by atoms with Gasteiger partial charge in [-0.05, 0) is 19.1 Å². The SMILES string of the molecule is COCC1CN(Cc2ccc(C)s2)Cc2nn(C)cc21.O=C(O)C(F)(F)F. The van der Waals surface area contributed by atoms with Crippen LogP contribution in [0.15, 0.2) is 18.3 Å². The fourth-order valence-corrected chi connectivity index (χ4v) is 3.89. The van der Waals surface area contributed by atoms with Gasteiger partial charge in [-0.15, -0.1) is 11.3 Å². The molecule has 0 saturated carbocycles. The van der Waals surface area contributed by atoms with Crippen LogP contribution in [0.4, 0.5) is 13.2 Å². The number of thiophene rings is 1. The van der Waals surface area contributed by atoms with E-state index in [1.807, 2.05) is 23.1 Å². The molecule has 27 heavy (non-hydrogen) atoms. The molecule has 3 heterocycles. The standard InChI is InChI=1S/C15H21N3OS.C2HF3O2/c1-11-4-5-13(20-11)7-18-6-12(10-19-3)14-8-17(2)16-15(14)9-18;3-2(4,5)1(6)7/h4-5,8,12H,6-7,9-10H2,1-3H3;(H,6,7). The Morgan fingerprint density at radius 2 is 2.11 bits per heavy atom. The maximum absolute atomic E-state index is 10.6. The molecular formula is C17H22F3N3O3S. The zero-order chi connectivity index (χ0) is 20.2. The molecule has 6 nitrogen and oxygen atoms in total. The van der Waals surface area contributed by atoms with E-state index in [4.69, 9.17) is 14.6 Å². The van der Waals surface area contributed by atoms with Crippen molar-refractivity contribution in [3.8, 4) is 0 Å². The zero-order valence-electron chi connectivity index (χ0n) is 15.3. The van der Waals surface area contributed by atoms with Crippen LogP contribution in [0.2, 0.25) is 0 Å². The fraction of sp³-hybridized carbons (Fsp3) is 0.529. The summed E-state index contributed by atoms with van der Waals surface area (Å²) in [6, 6.07) is 4.43. The number of aliphatic carboxylic acids is 1. The summed E-state index contributed by atoms with van der Waals surface area (Å²) in [6.07, 6.45) is -2.94. The second-order valence-electron chi connectivity index (χ2n) is 6.34. The van der Waals surface area contributed by atoms with Crippen LogP contribution in [0.5, 0.6) is 0 Å². The van der Waals surface area contributed by atoms with Gasteiger partial charge in [0.05, 0.1) is 12.3 Å². The van der Waals surface area contributed by atoms with Gasteiger partial charge >= 0.3 is 12.1 Å². The highest BCUT2D eigenvalue weighted by Gasteiger charge is 2.38. The molecule has 2 aromatic rings. The molecule has 1 aliphatic rings. The highest BCUT2D eigenvalue weighted by molar-refractivity contribution is 7.11. The van der Waals surface area contributed by atoms with E-state index in [1.54, 1.807) is 7.11 Å². The van der Waals surface area contributed by atoms with E-state index in [2.05, 4.69) is 35.3 Å². The molecule has 0 saturated heterocycles. The van der Waals surface area contributed by atoms with Crippen molar-refractivity contribution in [1.82, 2.24) is 14.7 Å². The van der Waals surface area contributed by atoms with E-state index >= 15 is 0 Å². The zero-order valence-corrected chi connectivity index (χ0v) is 16.1. The van der Waals surface area contributed by atoms with Crippen LogP contribution < -0.4 is 0 Å². The lowest BCUT2D eigenvalue weighted by molar-refractivity contribution is -0.192. The summed E-state index contributed by atoms with van der Waals surface area (Å²) in [5.74, 6) is -2.33. The third-order valence-corrected chi connectivity index (χ3v) is 5.00. The molecule has 10 heteroatoms. The summed E-state index contributed by atoms with van der Waals surface area (Å²) in [5, 5.41) is 11.7. The van der Waals surface area contributed by atoms with Crippen molar-refractivity contribution in [2.24, 2.45) is 7.05 Å². The first kappa shape index (κ1) is 21.4. The van der Waals surface area contributed by atoms with Gasteiger partial charge in [-0.25, -0.2) is 4.79 Å². The van der Waals surface area contributed by atoms with Crippen LogP contribution in [-0.2, 0) is 29.7 Å². The van der Waals surface area contributed by atoms with Gasteiger partial charge in [-0.2, -0.15) is 18.3 Å². The smallest absolute Gasteiger partial charge is 0.475 e. The Morgan fingerprint density at radius 3 is 2.63 bits per heavy atom. The van der Waals surface area contributed by atoms with Gasteiger partial charge in [0.25, 0.3) is 0 Å². The molecule has 150 valence electrons. The molecule has 0 bridgehead atoms. The predicted molar refractivity (Wildman–Crippen MR) is 94.7 cm³/mol. The monoisotopic (exact) mass is 405 g/mol. The largest absolute Gasteiger partial charge is 0.490 e. The minimum Gasteiger partial charge on any atom is -0.475 e. The van der Waals surface area contributed by atoms with E-state index in [1.165, 1.54) is 21.0 Å². The molecule has 3 rings (SSSR count). The van der Waals surface area contributed by atoms with Gasteiger partial charge in [0.1, 0.15) is 0 Å². The van der Waals surface area contributed by atoms with Crippen LogP contribution in [0.1, 0.15) is 26.9 Å². The Morgan fingerprint density at radius 1 is 1.44 bits per heavy atom. The molecule has 0 radical (unpaired) electrons. The van der Waals surface area contributed by atoms with Crippen molar-refractivity contribution in [3.05, 3.63) is 39.3 Å². The minimum atomic E-state index is -5.08. The number of aryl methyl sites for hydroxylation is 2. The van der Waals surface area contributed by atoms with Gasteiger partial charge < -0.3 is 9.84 Å². The number of nitrogens with zero attached hydrogens (tertiary/aromatic N) is 3. The van der Waals surface area contributed by atoms with E-state index in [9.17, 15) is 13.2 Å². The summed E-state index contributed by atoms with van der Waals surface area (Å²) < 4.78 is 39.0. The van der Waals surface area contributed by atoms with E-state index in [-0.39, 0.29) is 0 Å². The van der Waals surface area contributed by atoms with E-state index < -0.39 is 12.1 Å². The minimum absolute atomic E-state index is 0.429. The Labute approximate surface area is 159 Å². The van der Waals surface area contributed by atoms with Crippen LogP contribution in [0.3, 0.4) is 0 Å². The first-order valence-electron chi connectivity index (χ1n) is 8.19. The molecule has 0 fully saturated rings. The molecule has 2 aromatic heterocycles. The third kappa shape index (κ3) is 6.05. The maximum Gasteiger partial charge on any atom is 0.490 e. The molecule has 0 aliphatic carbocycles. The lowest BCUT2D eigenvalue weighted by Crippen LogP contribution is -2.34. The van der Waals surface area contributed by atoms with E-state index in [0.717, 1.165) is 26.2 Å². The number of carboxylic acid groups (broad SMARTS) is 1. The maximum atomic E-state index is 10.6. The highest BCUT2D eigenvalue weighted by atomic mass is 32.1. The molecule has 0 amide bonds. The van der Waals surface area contributed by atoms with E-state index in [0.29, 0.717) is 5.92 Å². The Bertz CT molecular complexity index is 773. The number of hydrogen-bond donors (Lipinski definition) is 1. The van der Waals surface area contributed by atoms with Crippen molar-refractivity contribution in [2.45, 2.75) is 32.1 Å². The van der Waals surface area contributed by atoms with Crippen molar-refractivity contribution in [2.75, 3.05) is 20.3 Å². The van der Waals surface area contributed by atoms with Crippen LogP contribution >= 0.6 is 11.3 Å². The van der Waals surface area contributed by atoms with Crippen molar-refractivity contribution < 1.29 is 27.8 Å². The lowest BCUT2D eigenvalue weighted by Gasteiger charge is -2.31. The molecule has 1 aliphatic heterocycles. The molecular weight excluding hydrogens is 383 g/mol. The fourth-order valence-electron chi connectivity index (χ4n) is 2.96. The summed E-state index contributed by atoms with van der Waals surface area (Å²) in [4.78, 5) is 14.2. The number of alkyl halides is 3. The first-order valence-corrected chi connectivity index (χ1v) is 9.01. The van der Waals surface area contributed by atoms with Gasteiger partial charge in [-0.3, -0.25) is 9.58 Å². The number of hydrogen-bond acceptors (Lipinski definition) is 5. The molecule has 0 aromatic carbocycles. The summed E-state index contributed by atoms with van der Waals surface area (Å²) in [6.45, 7) is 5.92. The molecule has 0 spiro atoms. The van der Waals surface area contributed by atoms with Gasteiger partial charge in [-0.1, -0.05) is 0 Å². The van der Waals surface area contributed by atoms with Crippen LogP contribution in [0, 0.1) is 6.92 Å². The quantitative estimate of drug-likeness (QED) is 0.846. The molecule has 1 unspecified atom stereocenters. The van der Waals surface area contributed by atoms with Gasteiger partial charge in [0.2, 0.25) is 0 Å². The number of fused-ring (bicyclic) bond motifs is 1. The third-order valence-electron chi connectivity index (χ3n) is 4.02. The topological polar surface area (TPSA) is 67.6 Å². The summed E-state index contributed by atoms with van der Waals surface area (Å²) in [5.41, 5.74) is 2.56. The average Bonchev–Trinajstić information content (AvgIpc) is 3.12. The number of carbonyl (C=O) groups is 1. The van der Waals surface area contributed by atoms with Crippen LogP contribution in [0.25, 0.3) is 0 Å². The van der Waals surface area contributed by atoms with Gasteiger partial charge in [0.15, 0.2) is 0 Å². The first-order chi connectivity index (χ1) is 12.6. The predicted octanol–water partition coefficient (Wildman–Crippen LogP) is 3.17. The normalized spacial score (nSPS) is 17.2. The number of rotatable bonds is 4.